The molecular formula is C13H16ClF3N2. The van der Waals surface area contributed by atoms with Gasteiger partial charge in [0.15, 0.2) is 0 Å². The topological polar surface area (TPSA) is 15.3 Å². The van der Waals surface area contributed by atoms with Crippen LogP contribution < -0.4 is 10.2 Å². The van der Waals surface area contributed by atoms with Crippen LogP contribution in [-0.4, -0.2) is 25.8 Å². The van der Waals surface area contributed by atoms with E-state index in [9.17, 15) is 13.2 Å². The zero-order chi connectivity index (χ0) is 14.0. The number of hydrogen-bond donors (Lipinski definition) is 1. The van der Waals surface area contributed by atoms with Crippen LogP contribution in [0.25, 0.3) is 0 Å². The van der Waals surface area contributed by atoms with E-state index in [1.165, 1.54) is 4.90 Å². The molecule has 19 heavy (non-hydrogen) atoms. The van der Waals surface area contributed by atoms with Crippen molar-refractivity contribution in [3.8, 4) is 0 Å². The van der Waals surface area contributed by atoms with Gasteiger partial charge in [0.25, 0.3) is 0 Å². The van der Waals surface area contributed by atoms with Gasteiger partial charge in [-0.05, 0) is 32.0 Å². The van der Waals surface area contributed by atoms with Crippen molar-refractivity contribution < 1.29 is 13.2 Å². The Bertz CT molecular complexity index is 444. The van der Waals surface area contributed by atoms with Crippen molar-refractivity contribution in [2.24, 2.45) is 0 Å². The maximum atomic E-state index is 12.7. The van der Waals surface area contributed by atoms with Crippen LogP contribution in [0.2, 0.25) is 5.02 Å². The number of benzene rings is 1. The zero-order valence-corrected chi connectivity index (χ0v) is 11.4. The molecule has 106 valence electrons. The fourth-order valence-electron chi connectivity index (χ4n) is 2.16. The van der Waals surface area contributed by atoms with Crippen LogP contribution in [-0.2, 0) is 6.54 Å². The summed E-state index contributed by atoms with van der Waals surface area (Å²) in [6, 6.07) is 5.09. The van der Waals surface area contributed by atoms with Crippen LogP contribution in [0.4, 0.5) is 18.9 Å². The number of rotatable bonds is 5. The molecule has 2 rings (SSSR count). The third kappa shape index (κ3) is 3.76. The van der Waals surface area contributed by atoms with Gasteiger partial charge in [-0.1, -0.05) is 17.7 Å². The Balaban J connectivity index is 2.33. The van der Waals surface area contributed by atoms with Gasteiger partial charge < -0.3 is 10.2 Å². The minimum absolute atomic E-state index is 0.0179. The molecule has 1 N–H and O–H groups in total. The van der Waals surface area contributed by atoms with Crippen molar-refractivity contribution in [3.63, 3.8) is 0 Å². The molecule has 1 aromatic carbocycles. The highest BCUT2D eigenvalue weighted by Gasteiger charge is 2.39. The lowest BCUT2D eigenvalue weighted by Gasteiger charge is -2.28. The zero-order valence-electron chi connectivity index (χ0n) is 10.6. The first-order valence-electron chi connectivity index (χ1n) is 6.18. The van der Waals surface area contributed by atoms with Crippen LogP contribution in [0.1, 0.15) is 18.4 Å². The fraction of sp³-hybridized carbons (Fsp3) is 0.538. The van der Waals surface area contributed by atoms with Gasteiger partial charge in [-0.2, -0.15) is 13.2 Å². The number of hydrogen-bond acceptors (Lipinski definition) is 2. The minimum Gasteiger partial charge on any atom is -0.359 e. The van der Waals surface area contributed by atoms with Gasteiger partial charge in [0.2, 0.25) is 0 Å². The summed E-state index contributed by atoms with van der Waals surface area (Å²) in [6.45, 7) is -0.467. The predicted molar refractivity (Wildman–Crippen MR) is 70.6 cm³/mol. The number of alkyl halides is 3. The van der Waals surface area contributed by atoms with E-state index in [0.717, 1.165) is 18.4 Å². The lowest BCUT2D eigenvalue weighted by atomic mass is 10.1. The predicted octanol–water partition coefficient (Wildman–Crippen LogP) is 3.59. The van der Waals surface area contributed by atoms with E-state index < -0.39 is 12.7 Å². The van der Waals surface area contributed by atoms with E-state index in [-0.39, 0.29) is 6.04 Å². The highest BCUT2D eigenvalue weighted by molar-refractivity contribution is 6.31. The molecule has 1 aromatic rings. The molecule has 1 aliphatic rings. The second-order valence-corrected chi connectivity index (χ2v) is 5.15. The smallest absolute Gasteiger partial charge is 0.359 e. The van der Waals surface area contributed by atoms with Crippen molar-refractivity contribution in [1.82, 2.24) is 5.32 Å². The first kappa shape index (κ1) is 14.5. The van der Waals surface area contributed by atoms with E-state index in [1.807, 2.05) is 0 Å². The molecule has 1 saturated carbocycles. The van der Waals surface area contributed by atoms with Crippen molar-refractivity contribution in [2.75, 3.05) is 18.5 Å². The maximum absolute atomic E-state index is 12.7. The summed E-state index contributed by atoms with van der Waals surface area (Å²) in [7, 11) is 1.75. The third-order valence-corrected chi connectivity index (χ3v) is 3.45. The molecule has 0 radical (unpaired) electrons. The SMILES string of the molecule is CNCc1c(Cl)cccc1N(CC(F)(F)F)C1CC1. The Hall–Kier alpha value is -0.940. The summed E-state index contributed by atoms with van der Waals surface area (Å²) in [5.74, 6) is 0. The van der Waals surface area contributed by atoms with Gasteiger partial charge in [0.1, 0.15) is 6.54 Å². The Labute approximate surface area is 115 Å². The second kappa shape index (κ2) is 5.59. The molecule has 0 bridgehead atoms. The molecule has 0 saturated heterocycles. The average molecular weight is 293 g/mol. The Morgan fingerprint density at radius 2 is 2.05 bits per heavy atom. The van der Waals surface area contributed by atoms with Crippen LogP contribution in [0.5, 0.6) is 0 Å². The normalized spacial score (nSPS) is 15.6. The molecule has 0 aromatic heterocycles. The molecular weight excluding hydrogens is 277 g/mol. The Morgan fingerprint density at radius 1 is 1.37 bits per heavy atom. The largest absolute Gasteiger partial charge is 0.405 e. The number of anilines is 1. The molecule has 0 amide bonds. The first-order chi connectivity index (χ1) is 8.92. The van der Waals surface area contributed by atoms with Crippen molar-refractivity contribution in [1.29, 1.82) is 0 Å². The van der Waals surface area contributed by atoms with Crippen molar-refractivity contribution in [2.45, 2.75) is 31.6 Å². The highest BCUT2D eigenvalue weighted by Crippen LogP contribution is 2.37. The monoisotopic (exact) mass is 292 g/mol. The third-order valence-electron chi connectivity index (χ3n) is 3.09. The summed E-state index contributed by atoms with van der Waals surface area (Å²) < 4.78 is 38.1. The van der Waals surface area contributed by atoms with Crippen LogP contribution in [0.15, 0.2) is 18.2 Å². The minimum atomic E-state index is -4.21. The van der Waals surface area contributed by atoms with E-state index >= 15 is 0 Å². The summed E-state index contributed by atoms with van der Waals surface area (Å²) in [5, 5.41) is 3.45. The standard InChI is InChI=1S/C13H16ClF3N2/c1-18-7-10-11(14)3-2-4-12(10)19(9-5-6-9)8-13(15,16)17/h2-4,9,18H,5-8H2,1H3. The Morgan fingerprint density at radius 3 is 2.58 bits per heavy atom. The molecule has 0 spiro atoms. The molecule has 2 nitrogen and oxygen atoms in total. The summed E-state index contributed by atoms with van der Waals surface area (Å²) in [6.07, 6.45) is -2.59. The van der Waals surface area contributed by atoms with Crippen LogP contribution in [0, 0.1) is 0 Å². The van der Waals surface area contributed by atoms with Crippen LogP contribution in [0.3, 0.4) is 0 Å². The molecule has 0 atom stereocenters. The summed E-state index contributed by atoms with van der Waals surface area (Å²) in [4.78, 5) is 1.43. The van der Waals surface area contributed by atoms with Crippen molar-refractivity contribution >= 4 is 17.3 Å². The number of nitrogens with one attached hydrogen (secondary N) is 1. The number of halogens is 4. The van der Waals surface area contributed by atoms with E-state index in [0.29, 0.717) is 17.3 Å². The van der Waals surface area contributed by atoms with E-state index in [1.54, 1.807) is 25.2 Å². The van der Waals surface area contributed by atoms with Gasteiger partial charge in [-0.3, -0.25) is 0 Å². The highest BCUT2D eigenvalue weighted by atomic mass is 35.5. The first-order valence-corrected chi connectivity index (χ1v) is 6.55. The Kier molecular flexibility index (Phi) is 4.26. The molecule has 0 heterocycles. The van der Waals surface area contributed by atoms with Gasteiger partial charge in [0, 0.05) is 28.9 Å². The van der Waals surface area contributed by atoms with Gasteiger partial charge in [-0.15, -0.1) is 0 Å². The van der Waals surface area contributed by atoms with Gasteiger partial charge >= 0.3 is 6.18 Å². The molecule has 6 heteroatoms. The van der Waals surface area contributed by atoms with Gasteiger partial charge in [-0.25, -0.2) is 0 Å². The van der Waals surface area contributed by atoms with Crippen LogP contribution >= 0.6 is 11.6 Å². The quantitative estimate of drug-likeness (QED) is 0.892. The molecule has 0 unspecified atom stereocenters. The average Bonchev–Trinajstić information content (AvgIpc) is 3.12. The molecule has 1 fully saturated rings. The number of nitrogens with zero attached hydrogens (tertiary/aromatic N) is 1. The van der Waals surface area contributed by atoms with Crippen molar-refractivity contribution in [3.05, 3.63) is 28.8 Å². The fourth-order valence-corrected chi connectivity index (χ4v) is 2.39. The maximum Gasteiger partial charge on any atom is 0.405 e. The van der Waals surface area contributed by atoms with Gasteiger partial charge in [0.05, 0.1) is 0 Å². The summed E-state index contributed by atoms with van der Waals surface area (Å²) >= 11 is 6.10. The lowest BCUT2D eigenvalue weighted by Crippen LogP contribution is -2.36. The van der Waals surface area contributed by atoms with E-state index in [4.69, 9.17) is 11.6 Å². The molecule has 1 aliphatic carbocycles. The summed E-state index contributed by atoms with van der Waals surface area (Å²) in [5.41, 5.74) is 1.31. The van der Waals surface area contributed by atoms with E-state index in [2.05, 4.69) is 5.32 Å². The second-order valence-electron chi connectivity index (χ2n) is 4.74. The lowest BCUT2D eigenvalue weighted by molar-refractivity contribution is -0.120. The molecule has 0 aliphatic heterocycles.